The molecule has 0 bridgehead atoms. The molecule has 1 fully saturated rings. The fourth-order valence-electron chi connectivity index (χ4n) is 4.16. The number of rotatable bonds is 9. The van der Waals surface area contributed by atoms with Crippen molar-refractivity contribution in [2.24, 2.45) is 5.92 Å². The number of aliphatic hydroxyl groups is 1. The summed E-state index contributed by atoms with van der Waals surface area (Å²) in [7, 11) is 0. The molecule has 1 aliphatic rings. The lowest BCUT2D eigenvalue weighted by Crippen LogP contribution is -2.33. The van der Waals surface area contributed by atoms with Crippen molar-refractivity contribution in [3.8, 4) is 0 Å². The Morgan fingerprint density at radius 1 is 1.19 bits per heavy atom. The molecule has 1 saturated carbocycles. The van der Waals surface area contributed by atoms with E-state index >= 15 is 0 Å². The summed E-state index contributed by atoms with van der Waals surface area (Å²) in [6, 6.07) is 13.9. The highest BCUT2D eigenvalue weighted by atomic mass is 35.5. The van der Waals surface area contributed by atoms with Crippen molar-refractivity contribution in [3.63, 3.8) is 0 Å². The molecule has 1 aliphatic carbocycles. The molecule has 2 aromatic carbocycles. The average Bonchev–Trinajstić information content (AvgIpc) is 2.99. The van der Waals surface area contributed by atoms with Gasteiger partial charge in [0.05, 0.1) is 12.6 Å². The molecule has 2 unspecified atom stereocenters. The van der Waals surface area contributed by atoms with Crippen LogP contribution in [0.25, 0.3) is 0 Å². The number of nitrogens with one attached hydrogen (secondary N) is 1. The van der Waals surface area contributed by atoms with Gasteiger partial charge in [0.1, 0.15) is 6.61 Å². The van der Waals surface area contributed by atoms with Crippen LogP contribution in [0.4, 0.5) is 5.69 Å². The van der Waals surface area contributed by atoms with Gasteiger partial charge < -0.3 is 15.2 Å². The first-order valence-electron chi connectivity index (χ1n) is 10.7. The number of alkyl halides is 1. The molecule has 3 rings (SSSR count). The monoisotopic (exact) mass is 443 g/mol. The zero-order valence-corrected chi connectivity index (χ0v) is 18.8. The molecule has 3 atom stereocenters. The summed E-state index contributed by atoms with van der Waals surface area (Å²) in [4.78, 5) is 24.4. The topological polar surface area (TPSA) is 75.6 Å². The molecule has 6 heteroatoms. The molecular weight excluding hydrogens is 414 g/mol. The van der Waals surface area contributed by atoms with Crippen molar-refractivity contribution in [2.45, 2.75) is 50.9 Å². The largest absolute Gasteiger partial charge is 0.463 e. The van der Waals surface area contributed by atoms with Gasteiger partial charge in [0.25, 0.3) is 0 Å². The number of ketones is 1. The van der Waals surface area contributed by atoms with Gasteiger partial charge in [-0.1, -0.05) is 42.0 Å². The predicted octanol–water partition coefficient (Wildman–Crippen LogP) is 3.99. The highest BCUT2D eigenvalue weighted by molar-refractivity contribution is 6.23. The van der Waals surface area contributed by atoms with Gasteiger partial charge >= 0.3 is 5.97 Å². The third-order valence-electron chi connectivity index (χ3n) is 5.76. The van der Waals surface area contributed by atoms with Gasteiger partial charge in [0.15, 0.2) is 5.78 Å². The Morgan fingerprint density at radius 2 is 1.97 bits per heavy atom. The smallest absolute Gasteiger partial charge is 0.306 e. The lowest BCUT2D eigenvalue weighted by molar-refractivity contribution is -0.144. The van der Waals surface area contributed by atoms with E-state index in [1.165, 1.54) is 5.56 Å². The molecule has 2 aromatic rings. The number of halogens is 1. The van der Waals surface area contributed by atoms with E-state index in [-0.39, 0.29) is 48.7 Å². The van der Waals surface area contributed by atoms with E-state index in [9.17, 15) is 9.59 Å². The van der Waals surface area contributed by atoms with Gasteiger partial charge in [-0.15, -0.1) is 11.6 Å². The zero-order chi connectivity index (χ0) is 22.4. The third-order valence-corrected chi connectivity index (χ3v) is 6.24. The Hall–Kier alpha value is -2.37. The van der Waals surface area contributed by atoms with Crippen LogP contribution in [-0.2, 0) is 27.2 Å². The van der Waals surface area contributed by atoms with E-state index in [0.717, 1.165) is 22.4 Å². The minimum absolute atomic E-state index is 0.0142. The highest BCUT2D eigenvalue weighted by Crippen LogP contribution is 2.34. The molecule has 0 spiro atoms. The average molecular weight is 444 g/mol. The number of esters is 1. The van der Waals surface area contributed by atoms with Gasteiger partial charge in [-0.3, -0.25) is 9.59 Å². The van der Waals surface area contributed by atoms with E-state index < -0.39 is 0 Å². The van der Waals surface area contributed by atoms with Crippen molar-refractivity contribution in [1.82, 2.24) is 0 Å². The first-order valence-corrected chi connectivity index (χ1v) is 11.2. The van der Waals surface area contributed by atoms with Gasteiger partial charge in [-0.05, 0) is 49.4 Å². The Labute approximate surface area is 188 Å². The second kappa shape index (κ2) is 10.8. The maximum Gasteiger partial charge on any atom is 0.306 e. The standard InChI is InChI=1S/C25H30ClNO4/c1-16-6-8-22(17(2)12-16)27-25-20(21(26)15-23(25)29)14-19-5-3-4-18(13-19)7-9-24(30)31-11-10-28/h3-6,8,12-13,20-21,25,27-28H,7,9-11,14-15H2,1-2H3/t20-,21?,25?/m0/s1. The number of carbonyl (C=O) groups excluding carboxylic acids is 2. The molecule has 0 heterocycles. The van der Waals surface area contributed by atoms with E-state index in [1.807, 2.05) is 37.3 Å². The second-order valence-corrected chi connectivity index (χ2v) is 8.82. The summed E-state index contributed by atoms with van der Waals surface area (Å²) in [5, 5.41) is 12.0. The van der Waals surface area contributed by atoms with Crippen molar-refractivity contribution in [1.29, 1.82) is 0 Å². The summed E-state index contributed by atoms with van der Waals surface area (Å²) in [6.07, 6.45) is 1.88. The van der Waals surface area contributed by atoms with Crippen LogP contribution < -0.4 is 5.32 Å². The van der Waals surface area contributed by atoms with Crippen LogP contribution in [0.1, 0.15) is 35.1 Å². The van der Waals surface area contributed by atoms with E-state index in [2.05, 4.69) is 24.4 Å². The van der Waals surface area contributed by atoms with Crippen LogP contribution in [-0.4, -0.2) is 41.5 Å². The number of benzene rings is 2. The number of carbonyl (C=O) groups is 2. The van der Waals surface area contributed by atoms with Crippen molar-refractivity contribution in [2.75, 3.05) is 18.5 Å². The summed E-state index contributed by atoms with van der Waals surface area (Å²) in [5.74, 6) is -0.188. The minimum atomic E-state index is -0.320. The second-order valence-electron chi connectivity index (χ2n) is 8.26. The molecule has 0 saturated heterocycles. The molecule has 0 amide bonds. The molecule has 0 aromatic heterocycles. The van der Waals surface area contributed by atoms with Crippen LogP contribution >= 0.6 is 11.6 Å². The van der Waals surface area contributed by atoms with E-state index in [0.29, 0.717) is 19.3 Å². The summed E-state index contributed by atoms with van der Waals surface area (Å²) >= 11 is 6.60. The van der Waals surface area contributed by atoms with Crippen molar-refractivity contribution >= 4 is 29.0 Å². The number of hydrogen-bond donors (Lipinski definition) is 2. The molecular formula is C25H30ClNO4. The first-order chi connectivity index (χ1) is 14.9. The quantitative estimate of drug-likeness (QED) is 0.452. The summed E-state index contributed by atoms with van der Waals surface area (Å²) in [5.41, 5.74) is 5.39. The molecule has 2 N–H and O–H groups in total. The lowest BCUT2D eigenvalue weighted by Gasteiger charge is -2.24. The summed E-state index contributed by atoms with van der Waals surface area (Å²) < 4.78 is 4.91. The van der Waals surface area contributed by atoms with Gasteiger partial charge in [-0.2, -0.15) is 0 Å². The Balaban J connectivity index is 1.68. The van der Waals surface area contributed by atoms with Crippen LogP contribution in [0.15, 0.2) is 42.5 Å². The number of Topliss-reactive ketones (excluding diaryl/α,β-unsaturated/α-hetero) is 1. The Morgan fingerprint density at radius 3 is 2.71 bits per heavy atom. The SMILES string of the molecule is Cc1ccc(NC2C(=O)CC(Cl)[C@@H]2Cc2cccc(CCC(=O)OCCO)c2)c(C)c1. The fraction of sp³-hybridized carbons (Fsp3) is 0.440. The Kier molecular flexibility index (Phi) is 8.10. The van der Waals surface area contributed by atoms with Gasteiger partial charge in [0, 0.05) is 29.8 Å². The molecule has 5 nitrogen and oxygen atoms in total. The van der Waals surface area contributed by atoms with Crippen LogP contribution in [0.3, 0.4) is 0 Å². The third kappa shape index (κ3) is 6.31. The number of anilines is 1. The highest BCUT2D eigenvalue weighted by Gasteiger charge is 2.41. The first kappa shape index (κ1) is 23.3. The molecule has 31 heavy (non-hydrogen) atoms. The maximum absolute atomic E-state index is 12.7. The molecule has 0 radical (unpaired) electrons. The number of aryl methyl sites for hydroxylation is 3. The Bertz CT molecular complexity index is 929. The number of hydrogen-bond acceptors (Lipinski definition) is 5. The van der Waals surface area contributed by atoms with Crippen LogP contribution in [0.2, 0.25) is 0 Å². The normalized spacial score (nSPS) is 20.6. The lowest BCUT2D eigenvalue weighted by atomic mass is 9.92. The molecule has 166 valence electrons. The van der Waals surface area contributed by atoms with E-state index in [1.54, 1.807) is 0 Å². The predicted molar refractivity (Wildman–Crippen MR) is 123 cm³/mol. The number of ether oxygens (including phenoxy) is 1. The van der Waals surface area contributed by atoms with Crippen molar-refractivity contribution in [3.05, 3.63) is 64.7 Å². The summed E-state index contributed by atoms with van der Waals surface area (Å²) in [6.45, 7) is 3.95. The number of aliphatic hydroxyl groups excluding tert-OH is 1. The zero-order valence-electron chi connectivity index (χ0n) is 18.1. The van der Waals surface area contributed by atoms with Crippen LogP contribution in [0, 0.1) is 19.8 Å². The maximum atomic E-state index is 12.7. The fourth-order valence-corrected chi connectivity index (χ4v) is 4.54. The van der Waals surface area contributed by atoms with E-state index in [4.69, 9.17) is 21.4 Å². The van der Waals surface area contributed by atoms with Gasteiger partial charge in [-0.25, -0.2) is 0 Å². The van der Waals surface area contributed by atoms with Crippen molar-refractivity contribution < 1.29 is 19.4 Å². The van der Waals surface area contributed by atoms with Crippen LogP contribution in [0.5, 0.6) is 0 Å². The van der Waals surface area contributed by atoms with Gasteiger partial charge in [0.2, 0.25) is 0 Å². The molecule has 0 aliphatic heterocycles. The minimum Gasteiger partial charge on any atom is -0.463 e.